The Morgan fingerprint density at radius 2 is 2.38 bits per heavy atom. The Morgan fingerprint density at radius 1 is 1.48 bits per heavy atom. The Kier molecular flexibility index (Phi) is 7.03. The highest BCUT2D eigenvalue weighted by Gasteiger charge is 2.12. The van der Waals surface area contributed by atoms with E-state index in [-0.39, 0.29) is 5.91 Å². The number of carbonyl (C=O) groups excluding carboxylic acids is 1. The lowest BCUT2D eigenvalue weighted by Gasteiger charge is -2.22. The lowest BCUT2D eigenvalue weighted by molar-refractivity contribution is -0.121. The monoisotopic (exact) mass is 354 g/mol. The summed E-state index contributed by atoms with van der Waals surface area (Å²) in [6, 6.07) is 7.64. The zero-order valence-corrected chi connectivity index (χ0v) is 13.8. The molecular formula is C16H23BrN2O2. The number of hydrogen-bond donors (Lipinski definition) is 2. The number of hydrogen-bond acceptors (Lipinski definition) is 3. The number of ether oxygens (including phenoxy) is 1. The third-order valence-electron chi connectivity index (χ3n) is 3.67. The fraction of sp³-hybridized carbons (Fsp3) is 0.562. The van der Waals surface area contributed by atoms with E-state index in [9.17, 15) is 4.79 Å². The van der Waals surface area contributed by atoms with Crippen molar-refractivity contribution >= 4 is 21.8 Å². The first-order valence-corrected chi connectivity index (χ1v) is 8.39. The van der Waals surface area contributed by atoms with Crippen molar-refractivity contribution < 1.29 is 9.53 Å². The van der Waals surface area contributed by atoms with Gasteiger partial charge >= 0.3 is 0 Å². The summed E-state index contributed by atoms with van der Waals surface area (Å²) in [6.45, 7) is 3.40. The van der Waals surface area contributed by atoms with Crippen molar-refractivity contribution in [1.29, 1.82) is 0 Å². The fourth-order valence-corrected chi connectivity index (χ4v) is 2.87. The van der Waals surface area contributed by atoms with Gasteiger partial charge in [-0.3, -0.25) is 4.79 Å². The average Bonchev–Trinajstić information content (AvgIpc) is 2.48. The van der Waals surface area contributed by atoms with E-state index in [0.29, 0.717) is 18.9 Å². The maximum atomic E-state index is 11.7. The minimum atomic E-state index is 0.0637. The van der Waals surface area contributed by atoms with E-state index in [0.717, 1.165) is 36.3 Å². The Hall–Kier alpha value is -1.07. The van der Waals surface area contributed by atoms with Crippen LogP contribution in [0, 0.1) is 5.92 Å². The van der Waals surface area contributed by atoms with Gasteiger partial charge in [-0.25, -0.2) is 0 Å². The zero-order valence-electron chi connectivity index (χ0n) is 12.2. The molecule has 0 aromatic heterocycles. The summed E-state index contributed by atoms with van der Waals surface area (Å²) in [5.41, 5.74) is 0. The second kappa shape index (κ2) is 9.05. The first-order valence-electron chi connectivity index (χ1n) is 7.60. The molecule has 2 rings (SSSR count). The van der Waals surface area contributed by atoms with Gasteiger partial charge in [-0.15, -0.1) is 0 Å². The Bertz CT molecular complexity index is 448. The lowest BCUT2D eigenvalue weighted by atomic mass is 9.96. The van der Waals surface area contributed by atoms with Gasteiger partial charge in [0.05, 0.1) is 13.0 Å². The van der Waals surface area contributed by atoms with Crippen LogP contribution in [0.4, 0.5) is 0 Å². The second-order valence-corrected chi connectivity index (χ2v) is 6.32. The number of nitrogens with one attached hydrogen (secondary N) is 2. The maximum absolute atomic E-state index is 11.7. The van der Waals surface area contributed by atoms with Crippen molar-refractivity contribution in [2.45, 2.75) is 25.7 Å². The number of carbonyl (C=O) groups is 1. The first kappa shape index (κ1) is 16.3. The van der Waals surface area contributed by atoms with Gasteiger partial charge in [0.25, 0.3) is 0 Å². The topological polar surface area (TPSA) is 50.4 Å². The minimum absolute atomic E-state index is 0.0637. The van der Waals surface area contributed by atoms with Gasteiger partial charge in [0.1, 0.15) is 5.75 Å². The van der Waals surface area contributed by atoms with Crippen molar-refractivity contribution in [3.8, 4) is 5.75 Å². The van der Waals surface area contributed by atoms with Crippen LogP contribution in [0.5, 0.6) is 5.75 Å². The van der Waals surface area contributed by atoms with Crippen LogP contribution in [0.1, 0.15) is 25.7 Å². The molecule has 2 N–H and O–H groups in total. The van der Waals surface area contributed by atoms with Crippen LogP contribution in [-0.4, -0.2) is 32.1 Å². The van der Waals surface area contributed by atoms with E-state index in [2.05, 4.69) is 26.6 Å². The first-order chi connectivity index (χ1) is 10.2. The smallest absolute Gasteiger partial charge is 0.223 e. The van der Waals surface area contributed by atoms with Gasteiger partial charge in [0.15, 0.2) is 0 Å². The summed E-state index contributed by atoms with van der Waals surface area (Å²) in [4.78, 5) is 11.7. The molecule has 21 heavy (non-hydrogen) atoms. The number of halogens is 1. The summed E-state index contributed by atoms with van der Waals surface area (Å²) in [7, 11) is 0. The van der Waals surface area contributed by atoms with Crippen molar-refractivity contribution in [3.05, 3.63) is 28.7 Å². The number of rotatable bonds is 7. The Balaban J connectivity index is 1.55. The molecule has 1 amide bonds. The molecule has 0 bridgehead atoms. The molecule has 1 aliphatic heterocycles. The molecule has 1 aliphatic rings. The molecule has 0 saturated carbocycles. The zero-order chi connectivity index (χ0) is 14.9. The van der Waals surface area contributed by atoms with Crippen LogP contribution < -0.4 is 15.4 Å². The molecular weight excluding hydrogens is 332 g/mol. The normalized spacial score (nSPS) is 18.2. The fourth-order valence-electron chi connectivity index (χ4n) is 2.49. The predicted molar refractivity (Wildman–Crippen MR) is 87.5 cm³/mol. The number of benzene rings is 1. The Labute approximate surface area is 134 Å². The summed E-state index contributed by atoms with van der Waals surface area (Å²) in [5, 5.41) is 6.37. The lowest BCUT2D eigenvalue weighted by Crippen LogP contribution is -2.33. The van der Waals surface area contributed by atoms with Crippen LogP contribution in [0.3, 0.4) is 0 Å². The molecule has 4 nitrogen and oxygen atoms in total. The standard InChI is InChI=1S/C16H23BrN2O2/c17-14-4-1-5-15(11-14)21-10-7-16(20)19-9-6-13-3-2-8-18-12-13/h1,4-5,11,13,18H,2-3,6-10,12H2,(H,19,20). The highest BCUT2D eigenvalue weighted by Crippen LogP contribution is 2.17. The number of amides is 1. The van der Waals surface area contributed by atoms with Gasteiger partial charge in [-0.2, -0.15) is 0 Å². The molecule has 1 saturated heterocycles. The van der Waals surface area contributed by atoms with Gasteiger partial charge in [0.2, 0.25) is 5.91 Å². The molecule has 0 radical (unpaired) electrons. The molecule has 5 heteroatoms. The van der Waals surface area contributed by atoms with Crippen LogP contribution in [0.2, 0.25) is 0 Å². The molecule has 0 aliphatic carbocycles. The van der Waals surface area contributed by atoms with Crippen LogP contribution in [-0.2, 0) is 4.79 Å². The van der Waals surface area contributed by atoms with Gasteiger partial charge in [-0.05, 0) is 56.5 Å². The predicted octanol–water partition coefficient (Wildman–Crippen LogP) is 2.72. The van der Waals surface area contributed by atoms with E-state index >= 15 is 0 Å². The molecule has 1 aromatic carbocycles. The molecule has 1 atom stereocenters. The molecule has 1 fully saturated rings. The van der Waals surface area contributed by atoms with Gasteiger partial charge in [0, 0.05) is 11.0 Å². The van der Waals surface area contributed by atoms with E-state index in [1.54, 1.807) is 0 Å². The SMILES string of the molecule is O=C(CCOc1cccc(Br)c1)NCCC1CCCNC1. The van der Waals surface area contributed by atoms with Crippen LogP contribution in [0.15, 0.2) is 28.7 Å². The summed E-state index contributed by atoms with van der Waals surface area (Å²) >= 11 is 3.39. The third-order valence-corrected chi connectivity index (χ3v) is 4.16. The highest BCUT2D eigenvalue weighted by molar-refractivity contribution is 9.10. The summed E-state index contributed by atoms with van der Waals surface area (Å²) in [5.74, 6) is 1.55. The quantitative estimate of drug-likeness (QED) is 0.791. The largest absolute Gasteiger partial charge is 0.493 e. The molecule has 0 spiro atoms. The van der Waals surface area contributed by atoms with E-state index in [1.807, 2.05) is 24.3 Å². The van der Waals surface area contributed by atoms with Gasteiger partial charge < -0.3 is 15.4 Å². The van der Waals surface area contributed by atoms with E-state index in [1.165, 1.54) is 12.8 Å². The average molecular weight is 355 g/mol. The summed E-state index contributed by atoms with van der Waals surface area (Å²) in [6.07, 6.45) is 3.98. The van der Waals surface area contributed by atoms with E-state index < -0.39 is 0 Å². The summed E-state index contributed by atoms with van der Waals surface area (Å²) < 4.78 is 6.53. The van der Waals surface area contributed by atoms with Crippen LogP contribution in [0.25, 0.3) is 0 Å². The molecule has 1 unspecified atom stereocenters. The Morgan fingerprint density at radius 3 is 3.14 bits per heavy atom. The van der Waals surface area contributed by atoms with Crippen molar-refractivity contribution in [3.63, 3.8) is 0 Å². The maximum Gasteiger partial charge on any atom is 0.223 e. The molecule has 1 heterocycles. The van der Waals surface area contributed by atoms with E-state index in [4.69, 9.17) is 4.74 Å². The highest BCUT2D eigenvalue weighted by atomic mass is 79.9. The molecule has 116 valence electrons. The van der Waals surface area contributed by atoms with Crippen molar-refractivity contribution in [2.75, 3.05) is 26.2 Å². The second-order valence-electron chi connectivity index (χ2n) is 5.41. The van der Waals surface area contributed by atoms with Crippen molar-refractivity contribution in [1.82, 2.24) is 10.6 Å². The minimum Gasteiger partial charge on any atom is -0.493 e. The third kappa shape index (κ3) is 6.48. The van der Waals surface area contributed by atoms with Gasteiger partial charge in [-0.1, -0.05) is 22.0 Å². The van der Waals surface area contributed by atoms with Crippen LogP contribution >= 0.6 is 15.9 Å². The van der Waals surface area contributed by atoms with Crippen molar-refractivity contribution in [2.24, 2.45) is 5.92 Å². The molecule has 1 aromatic rings. The number of piperidine rings is 1.